The van der Waals surface area contributed by atoms with E-state index in [9.17, 15) is 19.5 Å². The number of hydrogen-bond donors (Lipinski definition) is 3. The van der Waals surface area contributed by atoms with Gasteiger partial charge in [-0.15, -0.1) is 11.8 Å². The number of nitrogens with one attached hydrogen (secondary N) is 2. The molecule has 3 unspecified atom stereocenters. The van der Waals surface area contributed by atoms with Crippen LogP contribution in [0.1, 0.15) is 23.7 Å². The minimum atomic E-state index is -0.966. The summed E-state index contributed by atoms with van der Waals surface area (Å²) in [6, 6.07) is 30.7. The SMILES string of the molecule is O=C(Nc1ccc2ccccc2c1)C(Sc1cccc(NC(=O)C2CC=CCC2C(=O)O)c1)c1ccccc1. The quantitative estimate of drug-likeness (QED) is 0.168. The number of allylic oxidation sites excluding steroid dienone is 2. The smallest absolute Gasteiger partial charge is 0.307 e. The highest BCUT2D eigenvalue weighted by molar-refractivity contribution is 8.00. The predicted molar refractivity (Wildman–Crippen MR) is 156 cm³/mol. The zero-order valence-electron chi connectivity index (χ0n) is 21.1. The van der Waals surface area contributed by atoms with Crippen LogP contribution in [0.2, 0.25) is 0 Å². The van der Waals surface area contributed by atoms with Gasteiger partial charge in [0.15, 0.2) is 0 Å². The van der Waals surface area contributed by atoms with Crippen molar-refractivity contribution in [2.45, 2.75) is 23.0 Å². The molecule has 0 saturated heterocycles. The molecule has 2 amide bonds. The standard InChI is InChI=1S/C32H28N2O4S/c35-30(27-15-6-7-16-28(27)32(37)38)33-24-13-8-14-26(20-24)39-29(22-10-2-1-3-11-22)31(36)34-25-18-17-21-9-4-5-12-23(21)19-25/h1-14,17-20,27-29H,15-16H2,(H,33,35)(H,34,36)(H,37,38). The van der Waals surface area contributed by atoms with Crippen LogP contribution in [-0.4, -0.2) is 22.9 Å². The zero-order valence-corrected chi connectivity index (χ0v) is 21.9. The van der Waals surface area contributed by atoms with E-state index in [1.165, 1.54) is 11.8 Å². The lowest BCUT2D eigenvalue weighted by atomic mass is 9.82. The predicted octanol–water partition coefficient (Wildman–Crippen LogP) is 6.92. The summed E-state index contributed by atoms with van der Waals surface area (Å²) in [6.07, 6.45) is 4.40. The van der Waals surface area contributed by atoms with Gasteiger partial charge in [0.2, 0.25) is 11.8 Å². The molecule has 5 rings (SSSR count). The molecule has 7 heteroatoms. The Kier molecular flexibility index (Phi) is 8.08. The lowest BCUT2D eigenvalue weighted by Crippen LogP contribution is -2.34. The van der Waals surface area contributed by atoms with Gasteiger partial charge in [-0.3, -0.25) is 14.4 Å². The number of aliphatic carboxylic acids is 1. The van der Waals surface area contributed by atoms with E-state index in [1.807, 2.05) is 103 Å². The number of carboxylic acids is 1. The maximum atomic E-state index is 13.6. The summed E-state index contributed by atoms with van der Waals surface area (Å²) >= 11 is 1.39. The molecule has 3 N–H and O–H groups in total. The number of amides is 2. The van der Waals surface area contributed by atoms with Crippen LogP contribution in [0.4, 0.5) is 11.4 Å². The van der Waals surface area contributed by atoms with Crippen LogP contribution in [0.5, 0.6) is 0 Å². The first-order valence-corrected chi connectivity index (χ1v) is 13.7. The van der Waals surface area contributed by atoms with E-state index in [4.69, 9.17) is 0 Å². The van der Waals surface area contributed by atoms with Crippen LogP contribution < -0.4 is 10.6 Å². The molecule has 0 radical (unpaired) electrons. The molecule has 4 aromatic rings. The molecule has 0 bridgehead atoms. The van der Waals surface area contributed by atoms with Gasteiger partial charge >= 0.3 is 5.97 Å². The fourth-order valence-electron chi connectivity index (χ4n) is 4.77. The average molecular weight is 537 g/mol. The van der Waals surface area contributed by atoms with Gasteiger partial charge in [0, 0.05) is 16.3 Å². The number of rotatable bonds is 8. The van der Waals surface area contributed by atoms with Crippen molar-refractivity contribution in [3.05, 3.63) is 115 Å². The number of anilines is 2. The van der Waals surface area contributed by atoms with Crippen LogP contribution in [0.15, 0.2) is 114 Å². The Morgan fingerprint density at radius 2 is 1.41 bits per heavy atom. The summed E-state index contributed by atoms with van der Waals surface area (Å²) in [4.78, 5) is 39.0. The van der Waals surface area contributed by atoms with Crippen molar-refractivity contribution in [2.24, 2.45) is 11.8 Å². The van der Waals surface area contributed by atoms with Gasteiger partial charge in [0.25, 0.3) is 0 Å². The Labute approximate surface area is 231 Å². The van der Waals surface area contributed by atoms with Gasteiger partial charge in [-0.05, 0) is 59.5 Å². The summed E-state index contributed by atoms with van der Waals surface area (Å²) in [6.45, 7) is 0. The highest BCUT2D eigenvalue weighted by Gasteiger charge is 2.34. The van der Waals surface area contributed by atoms with E-state index in [0.717, 1.165) is 26.9 Å². The van der Waals surface area contributed by atoms with Gasteiger partial charge < -0.3 is 15.7 Å². The Hall–Kier alpha value is -4.36. The molecule has 39 heavy (non-hydrogen) atoms. The number of carbonyl (C=O) groups is 3. The highest BCUT2D eigenvalue weighted by Crippen LogP contribution is 2.37. The Bertz CT molecular complexity index is 1540. The number of hydrogen-bond acceptors (Lipinski definition) is 4. The van der Waals surface area contributed by atoms with E-state index in [2.05, 4.69) is 10.6 Å². The Morgan fingerprint density at radius 1 is 0.718 bits per heavy atom. The maximum Gasteiger partial charge on any atom is 0.307 e. The van der Waals surface area contributed by atoms with Crippen LogP contribution >= 0.6 is 11.8 Å². The number of fused-ring (bicyclic) bond motifs is 1. The summed E-state index contributed by atoms with van der Waals surface area (Å²) in [7, 11) is 0. The summed E-state index contributed by atoms with van der Waals surface area (Å²) in [5, 5.41) is 17.1. The molecule has 0 saturated carbocycles. The van der Waals surface area contributed by atoms with Gasteiger partial charge in [0.1, 0.15) is 5.25 Å². The first-order valence-electron chi connectivity index (χ1n) is 12.8. The molecule has 4 aromatic carbocycles. The van der Waals surface area contributed by atoms with Crippen molar-refractivity contribution in [2.75, 3.05) is 10.6 Å². The van der Waals surface area contributed by atoms with Crippen molar-refractivity contribution in [1.82, 2.24) is 0 Å². The van der Waals surface area contributed by atoms with E-state index >= 15 is 0 Å². The highest BCUT2D eigenvalue weighted by atomic mass is 32.2. The lowest BCUT2D eigenvalue weighted by Gasteiger charge is -2.24. The minimum Gasteiger partial charge on any atom is -0.481 e. The largest absolute Gasteiger partial charge is 0.481 e. The van der Waals surface area contributed by atoms with Gasteiger partial charge in [-0.25, -0.2) is 0 Å². The monoisotopic (exact) mass is 536 g/mol. The first-order chi connectivity index (χ1) is 19.0. The van der Waals surface area contributed by atoms with Crippen LogP contribution in [0.25, 0.3) is 10.8 Å². The third-order valence-electron chi connectivity index (χ3n) is 6.80. The van der Waals surface area contributed by atoms with Gasteiger partial charge in [-0.2, -0.15) is 0 Å². The summed E-state index contributed by atoms with van der Waals surface area (Å²) < 4.78 is 0. The third kappa shape index (κ3) is 6.38. The number of thioether (sulfide) groups is 1. The van der Waals surface area contributed by atoms with Crippen molar-refractivity contribution in [3.8, 4) is 0 Å². The van der Waals surface area contributed by atoms with Crippen LogP contribution in [0, 0.1) is 11.8 Å². The fraction of sp³-hybridized carbons (Fsp3) is 0.156. The zero-order chi connectivity index (χ0) is 27.2. The van der Waals surface area contributed by atoms with E-state index in [0.29, 0.717) is 18.5 Å². The molecule has 0 spiro atoms. The summed E-state index contributed by atoms with van der Waals surface area (Å²) in [5.74, 6) is -2.81. The first kappa shape index (κ1) is 26.3. The molecular weight excluding hydrogens is 508 g/mol. The fourth-order valence-corrected chi connectivity index (χ4v) is 5.85. The molecule has 6 nitrogen and oxygen atoms in total. The minimum absolute atomic E-state index is 0.158. The molecule has 0 heterocycles. The Balaban J connectivity index is 1.34. The lowest BCUT2D eigenvalue weighted by molar-refractivity contribution is -0.146. The van der Waals surface area contributed by atoms with Crippen LogP contribution in [-0.2, 0) is 14.4 Å². The molecule has 3 atom stereocenters. The van der Waals surface area contributed by atoms with E-state index in [1.54, 1.807) is 6.07 Å². The van der Waals surface area contributed by atoms with Crippen molar-refractivity contribution in [1.29, 1.82) is 0 Å². The molecule has 1 aliphatic carbocycles. The maximum absolute atomic E-state index is 13.6. The molecule has 1 aliphatic rings. The van der Waals surface area contributed by atoms with E-state index in [-0.39, 0.29) is 11.8 Å². The molecule has 0 aliphatic heterocycles. The van der Waals surface area contributed by atoms with Gasteiger partial charge in [0.05, 0.1) is 11.8 Å². The molecule has 0 aromatic heterocycles. The second-order valence-electron chi connectivity index (χ2n) is 9.47. The summed E-state index contributed by atoms with van der Waals surface area (Å²) in [5.41, 5.74) is 2.13. The number of carboxylic acid groups (broad SMARTS) is 1. The molecule has 0 fully saturated rings. The topological polar surface area (TPSA) is 95.5 Å². The van der Waals surface area contributed by atoms with Crippen LogP contribution in [0.3, 0.4) is 0 Å². The number of benzene rings is 4. The Morgan fingerprint density at radius 3 is 2.18 bits per heavy atom. The molecule has 196 valence electrons. The van der Waals surface area contributed by atoms with Gasteiger partial charge in [-0.1, -0.05) is 78.9 Å². The number of carbonyl (C=O) groups excluding carboxylic acids is 2. The van der Waals surface area contributed by atoms with Crippen molar-refractivity contribution < 1.29 is 19.5 Å². The second kappa shape index (κ2) is 12.0. The molecular formula is C32H28N2O4S. The van der Waals surface area contributed by atoms with E-state index < -0.39 is 23.1 Å². The van der Waals surface area contributed by atoms with Crippen molar-refractivity contribution in [3.63, 3.8) is 0 Å². The second-order valence-corrected chi connectivity index (χ2v) is 10.6. The average Bonchev–Trinajstić information content (AvgIpc) is 2.96. The third-order valence-corrected chi connectivity index (χ3v) is 8.05. The van der Waals surface area contributed by atoms with Crippen molar-refractivity contribution >= 4 is 51.7 Å². The normalized spacial score (nSPS) is 17.3.